The summed E-state index contributed by atoms with van der Waals surface area (Å²) in [6, 6.07) is 0. The van der Waals surface area contributed by atoms with E-state index in [2.05, 4.69) is 27.0 Å². The zero-order valence-corrected chi connectivity index (χ0v) is 14.9. The molecule has 1 spiro atoms. The van der Waals surface area contributed by atoms with Crippen molar-refractivity contribution in [1.82, 2.24) is 20.0 Å². The van der Waals surface area contributed by atoms with Gasteiger partial charge in [-0.2, -0.15) is 0 Å². The Morgan fingerprint density at radius 1 is 1.29 bits per heavy atom. The van der Waals surface area contributed by atoms with Gasteiger partial charge in [-0.1, -0.05) is 11.3 Å². The Labute approximate surface area is 145 Å². The third-order valence-electron chi connectivity index (χ3n) is 5.12. The van der Waals surface area contributed by atoms with E-state index in [-0.39, 0.29) is 18.0 Å². The Morgan fingerprint density at radius 2 is 2.08 bits per heavy atom. The van der Waals surface area contributed by atoms with Crippen LogP contribution in [0.5, 0.6) is 0 Å². The normalized spacial score (nSPS) is 26.0. The van der Waals surface area contributed by atoms with Crippen LogP contribution < -0.4 is 4.90 Å². The van der Waals surface area contributed by atoms with Gasteiger partial charge < -0.3 is 14.9 Å². The highest BCUT2D eigenvalue weighted by Crippen LogP contribution is 2.34. The lowest BCUT2D eigenvalue weighted by atomic mass is 9.86. The van der Waals surface area contributed by atoms with Crippen LogP contribution in [-0.2, 0) is 9.59 Å². The number of aryl methyl sites for hydroxylation is 1. The number of likely N-dealkylation sites (N-methyl/N-ethyl adjacent to an activating group) is 1. The number of carbonyl (C=O) groups is 2. The van der Waals surface area contributed by atoms with Crippen LogP contribution in [0.25, 0.3) is 0 Å². The minimum absolute atomic E-state index is 0.0634. The average Bonchev–Trinajstić information content (AvgIpc) is 2.91. The summed E-state index contributed by atoms with van der Waals surface area (Å²) in [4.78, 5) is 29.3. The fraction of sp³-hybridized carbons (Fsp3) is 0.733. The lowest BCUT2D eigenvalue weighted by Gasteiger charge is -2.49. The van der Waals surface area contributed by atoms with Crippen LogP contribution in [0.15, 0.2) is 0 Å². The van der Waals surface area contributed by atoms with Gasteiger partial charge in [0.2, 0.25) is 11.0 Å². The van der Waals surface area contributed by atoms with Gasteiger partial charge in [0.05, 0.1) is 0 Å². The van der Waals surface area contributed by atoms with Crippen LogP contribution in [0, 0.1) is 6.92 Å². The van der Waals surface area contributed by atoms with E-state index < -0.39 is 5.97 Å². The lowest BCUT2D eigenvalue weighted by molar-refractivity contribution is -0.144. The van der Waals surface area contributed by atoms with Gasteiger partial charge in [-0.05, 0) is 26.8 Å². The first-order valence-electron chi connectivity index (χ1n) is 8.15. The molecule has 2 aliphatic heterocycles. The Hall–Kier alpha value is -1.74. The summed E-state index contributed by atoms with van der Waals surface area (Å²) in [6.45, 7) is 4.80. The van der Waals surface area contributed by atoms with E-state index in [1.165, 1.54) is 4.90 Å². The van der Waals surface area contributed by atoms with Gasteiger partial charge in [0.25, 0.3) is 0 Å². The number of hydrogen-bond donors (Lipinski definition) is 1. The molecular formula is C15H23N5O3S. The molecular weight excluding hydrogens is 330 g/mol. The summed E-state index contributed by atoms with van der Waals surface area (Å²) >= 11 is 1.59. The van der Waals surface area contributed by atoms with E-state index >= 15 is 0 Å². The van der Waals surface area contributed by atoms with Gasteiger partial charge >= 0.3 is 5.97 Å². The molecule has 0 saturated carbocycles. The molecule has 2 aliphatic rings. The first kappa shape index (κ1) is 17.1. The van der Waals surface area contributed by atoms with Crippen molar-refractivity contribution in [3.8, 4) is 0 Å². The van der Waals surface area contributed by atoms with Crippen molar-refractivity contribution < 1.29 is 14.7 Å². The van der Waals surface area contributed by atoms with E-state index in [4.69, 9.17) is 5.11 Å². The third-order valence-corrected chi connectivity index (χ3v) is 6.02. The number of amides is 1. The number of carboxylic acids is 1. The molecule has 3 rings (SSSR count). The molecule has 8 nitrogen and oxygen atoms in total. The molecule has 0 unspecified atom stereocenters. The minimum atomic E-state index is -0.956. The van der Waals surface area contributed by atoms with Gasteiger partial charge in [0.15, 0.2) is 0 Å². The number of carboxylic acid groups (broad SMARTS) is 1. The van der Waals surface area contributed by atoms with Crippen molar-refractivity contribution in [2.75, 3.05) is 44.7 Å². The number of carbonyl (C=O) groups excluding carboxylic acids is 1. The van der Waals surface area contributed by atoms with E-state index in [0.29, 0.717) is 13.0 Å². The molecule has 0 bridgehead atoms. The second kappa shape index (κ2) is 6.64. The number of aromatic nitrogens is 2. The van der Waals surface area contributed by atoms with Crippen molar-refractivity contribution in [1.29, 1.82) is 0 Å². The number of likely N-dealkylation sites (tertiary alicyclic amines) is 1. The van der Waals surface area contributed by atoms with E-state index in [0.717, 1.165) is 42.6 Å². The van der Waals surface area contributed by atoms with Crippen LogP contribution in [0.4, 0.5) is 5.13 Å². The second-order valence-electron chi connectivity index (χ2n) is 6.63. The van der Waals surface area contributed by atoms with Gasteiger partial charge in [-0.25, -0.2) is 0 Å². The Bertz CT molecular complexity index is 636. The SMILES string of the molecule is Cc1nnc(N2CCN(C)[C@@]3(CCC(=O)N(CC(=O)O)CC3)C2)s1. The molecule has 2 fully saturated rings. The first-order valence-corrected chi connectivity index (χ1v) is 8.97. The van der Waals surface area contributed by atoms with Crippen LogP contribution in [0.1, 0.15) is 24.3 Å². The number of hydrogen-bond acceptors (Lipinski definition) is 7. The predicted octanol–water partition coefficient (Wildman–Crippen LogP) is 0.434. The quantitative estimate of drug-likeness (QED) is 0.843. The molecule has 0 radical (unpaired) electrons. The van der Waals surface area contributed by atoms with Crippen molar-refractivity contribution in [3.05, 3.63) is 5.01 Å². The molecule has 24 heavy (non-hydrogen) atoms. The van der Waals surface area contributed by atoms with Crippen molar-refractivity contribution in [2.24, 2.45) is 0 Å². The maximum absolute atomic E-state index is 12.2. The van der Waals surface area contributed by atoms with Gasteiger partial charge in [-0.3, -0.25) is 14.5 Å². The maximum atomic E-state index is 12.2. The number of aliphatic carboxylic acids is 1. The van der Waals surface area contributed by atoms with Gasteiger partial charge in [0.1, 0.15) is 11.6 Å². The number of nitrogens with zero attached hydrogens (tertiary/aromatic N) is 5. The fourth-order valence-corrected chi connectivity index (χ4v) is 4.31. The zero-order valence-electron chi connectivity index (χ0n) is 14.1. The Morgan fingerprint density at radius 3 is 2.75 bits per heavy atom. The minimum Gasteiger partial charge on any atom is -0.480 e. The summed E-state index contributed by atoms with van der Waals surface area (Å²) in [5, 5.41) is 19.2. The van der Waals surface area contributed by atoms with Crippen LogP contribution in [0.2, 0.25) is 0 Å². The highest BCUT2D eigenvalue weighted by molar-refractivity contribution is 7.15. The molecule has 3 heterocycles. The van der Waals surface area contributed by atoms with Crippen molar-refractivity contribution in [2.45, 2.75) is 31.7 Å². The smallest absolute Gasteiger partial charge is 0.323 e. The highest BCUT2D eigenvalue weighted by atomic mass is 32.1. The van der Waals surface area contributed by atoms with E-state index in [1.807, 2.05) is 6.92 Å². The molecule has 0 aliphatic carbocycles. The van der Waals surface area contributed by atoms with Crippen molar-refractivity contribution in [3.63, 3.8) is 0 Å². The monoisotopic (exact) mass is 353 g/mol. The van der Waals surface area contributed by atoms with E-state index in [1.54, 1.807) is 11.3 Å². The van der Waals surface area contributed by atoms with Crippen LogP contribution in [0.3, 0.4) is 0 Å². The fourth-order valence-electron chi connectivity index (χ4n) is 3.60. The van der Waals surface area contributed by atoms with Crippen LogP contribution in [-0.4, -0.2) is 82.3 Å². The topological polar surface area (TPSA) is 89.9 Å². The number of piperazine rings is 1. The Kier molecular flexibility index (Phi) is 4.73. The largest absolute Gasteiger partial charge is 0.480 e. The average molecular weight is 353 g/mol. The summed E-state index contributed by atoms with van der Waals surface area (Å²) in [5.41, 5.74) is -0.124. The molecule has 0 aromatic carbocycles. The molecule has 1 aromatic heterocycles. The summed E-state index contributed by atoms with van der Waals surface area (Å²) in [6.07, 6.45) is 1.91. The first-order chi connectivity index (χ1) is 11.4. The predicted molar refractivity (Wildman–Crippen MR) is 90.3 cm³/mol. The summed E-state index contributed by atoms with van der Waals surface area (Å²) in [5.74, 6) is -1.02. The third kappa shape index (κ3) is 3.36. The second-order valence-corrected chi connectivity index (χ2v) is 7.79. The zero-order chi connectivity index (χ0) is 17.3. The van der Waals surface area contributed by atoms with Gasteiger partial charge in [0, 0.05) is 38.1 Å². The summed E-state index contributed by atoms with van der Waals surface area (Å²) in [7, 11) is 2.10. The maximum Gasteiger partial charge on any atom is 0.323 e. The standard InChI is InChI=1S/C15H23N5O3S/c1-11-16-17-14(24-11)20-8-7-18(2)15(10-20)4-3-12(21)19(6-5-15)9-13(22)23/h3-10H2,1-2H3,(H,22,23)/t15-/m1/s1. The molecule has 9 heteroatoms. The van der Waals surface area contributed by atoms with Crippen LogP contribution >= 0.6 is 11.3 Å². The molecule has 2 saturated heterocycles. The van der Waals surface area contributed by atoms with Crippen molar-refractivity contribution >= 4 is 28.3 Å². The Balaban J connectivity index is 1.77. The summed E-state index contributed by atoms with van der Waals surface area (Å²) < 4.78 is 0. The molecule has 1 amide bonds. The molecule has 1 aromatic rings. The highest BCUT2D eigenvalue weighted by Gasteiger charge is 2.43. The molecule has 1 N–H and O–H groups in total. The molecule has 1 atom stereocenters. The van der Waals surface area contributed by atoms with E-state index in [9.17, 15) is 9.59 Å². The van der Waals surface area contributed by atoms with Gasteiger partial charge in [-0.15, -0.1) is 10.2 Å². The number of rotatable bonds is 3. The lowest BCUT2D eigenvalue weighted by Crippen LogP contribution is -2.61. The number of anilines is 1. The molecule has 132 valence electrons.